The van der Waals surface area contributed by atoms with E-state index in [0.29, 0.717) is 0 Å². The summed E-state index contributed by atoms with van der Waals surface area (Å²) in [5.41, 5.74) is 6.78. The molecule has 1 heterocycles. The molecular formula is C14H19N3O. The minimum Gasteiger partial charge on any atom is -0.497 e. The number of anilines is 1. The van der Waals surface area contributed by atoms with Crippen molar-refractivity contribution in [2.24, 2.45) is 5.84 Å². The molecule has 0 spiro atoms. The molecule has 2 aromatic rings. The van der Waals surface area contributed by atoms with Gasteiger partial charge in [0.05, 0.1) is 18.3 Å². The van der Waals surface area contributed by atoms with Crippen LogP contribution in [0.2, 0.25) is 0 Å². The molecule has 0 aliphatic carbocycles. The van der Waals surface area contributed by atoms with Crippen LogP contribution in [0.1, 0.15) is 24.6 Å². The lowest BCUT2D eigenvalue weighted by Crippen LogP contribution is -2.09. The van der Waals surface area contributed by atoms with Gasteiger partial charge in [-0.2, -0.15) is 0 Å². The van der Waals surface area contributed by atoms with Crippen LogP contribution in [0, 0.1) is 6.92 Å². The highest BCUT2D eigenvalue weighted by Gasteiger charge is 2.09. The molecule has 0 atom stereocenters. The number of nitrogen functional groups attached to an aromatic ring is 1. The number of nitrogens with two attached hydrogens (primary N) is 1. The lowest BCUT2D eigenvalue weighted by Gasteiger charge is -2.12. The quantitative estimate of drug-likeness (QED) is 0.642. The highest BCUT2D eigenvalue weighted by molar-refractivity contribution is 5.94. The van der Waals surface area contributed by atoms with Gasteiger partial charge in [-0.15, -0.1) is 0 Å². The van der Waals surface area contributed by atoms with E-state index in [1.807, 2.05) is 25.1 Å². The van der Waals surface area contributed by atoms with Gasteiger partial charge in [-0.25, -0.2) is 0 Å². The van der Waals surface area contributed by atoms with Gasteiger partial charge in [-0.1, -0.05) is 13.3 Å². The van der Waals surface area contributed by atoms with Crippen LogP contribution in [0.4, 0.5) is 5.69 Å². The van der Waals surface area contributed by atoms with Crippen molar-refractivity contribution >= 4 is 16.6 Å². The third-order valence-corrected chi connectivity index (χ3v) is 3.03. The topological polar surface area (TPSA) is 60.2 Å². The Kier molecular flexibility index (Phi) is 3.67. The van der Waals surface area contributed by atoms with Crippen molar-refractivity contribution < 1.29 is 4.74 Å². The number of rotatable bonds is 4. The lowest BCUT2D eigenvalue weighted by atomic mass is 10.1. The van der Waals surface area contributed by atoms with Gasteiger partial charge in [0, 0.05) is 11.1 Å². The van der Waals surface area contributed by atoms with Gasteiger partial charge in [0.15, 0.2) is 0 Å². The number of fused-ring (bicyclic) bond motifs is 1. The Morgan fingerprint density at radius 1 is 1.33 bits per heavy atom. The zero-order valence-corrected chi connectivity index (χ0v) is 11.1. The Morgan fingerprint density at radius 3 is 2.72 bits per heavy atom. The Labute approximate surface area is 107 Å². The van der Waals surface area contributed by atoms with Crippen molar-refractivity contribution in [1.29, 1.82) is 0 Å². The van der Waals surface area contributed by atoms with E-state index >= 15 is 0 Å². The van der Waals surface area contributed by atoms with Gasteiger partial charge in [0.25, 0.3) is 0 Å². The molecule has 0 bridgehead atoms. The number of methoxy groups -OCH3 is 1. The summed E-state index contributed by atoms with van der Waals surface area (Å²) in [7, 11) is 1.66. The number of aryl methyl sites for hydroxylation is 2. The van der Waals surface area contributed by atoms with Gasteiger partial charge >= 0.3 is 0 Å². The molecule has 0 aliphatic rings. The second-order valence-corrected chi connectivity index (χ2v) is 4.40. The van der Waals surface area contributed by atoms with Gasteiger partial charge < -0.3 is 10.2 Å². The predicted molar refractivity (Wildman–Crippen MR) is 74.8 cm³/mol. The molecule has 2 rings (SSSR count). The summed E-state index contributed by atoms with van der Waals surface area (Å²) in [5, 5.41) is 0.995. The highest BCUT2D eigenvalue weighted by Crippen LogP contribution is 2.29. The minimum atomic E-state index is 0.821. The SMILES string of the molecule is CCCc1cc(NN)c2cc(OC)cc(C)c2n1. The largest absolute Gasteiger partial charge is 0.497 e. The molecule has 4 nitrogen and oxygen atoms in total. The van der Waals surface area contributed by atoms with Crippen molar-refractivity contribution in [3.8, 4) is 5.75 Å². The number of nitrogens with zero attached hydrogens (tertiary/aromatic N) is 1. The fourth-order valence-electron chi connectivity index (χ4n) is 2.14. The molecule has 0 unspecified atom stereocenters. The van der Waals surface area contributed by atoms with Crippen LogP contribution < -0.4 is 16.0 Å². The standard InChI is InChI=1S/C14H19N3O/c1-4-5-10-7-13(17-15)12-8-11(18-3)6-9(2)14(12)16-10/h6-8H,4-5,15H2,1-3H3,(H,16,17). The summed E-state index contributed by atoms with van der Waals surface area (Å²) < 4.78 is 5.28. The summed E-state index contributed by atoms with van der Waals surface area (Å²) in [6, 6.07) is 5.95. The molecule has 1 aromatic carbocycles. The zero-order valence-electron chi connectivity index (χ0n) is 11.1. The summed E-state index contributed by atoms with van der Waals surface area (Å²) in [6.45, 7) is 4.18. The van der Waals surface area contributed by atoms with Crippen LogP contribution in [-0.4, -0.2) is 12.1 Å². The normalized spacial score (nSPS) is 10.7. The maximum Gasteiger partial charge on any atom is 0.119 e. The van der Waals surface area contributed by atoms with E-state index in [9.17, 15) is 0 Å². The molecule has 1 aromatic heterocycles. The summed E-state index contributed by atoms with van der Waals surface area (Å²) >= 11 is 0. The molecular weight excluding hydrogens is 226 g/mol. The molecule has 96 valence electrons. The number of ether oxygens (including phenoxy) is 1. The molecule has 0 aliphatic heterocycles. The van der Waals surface area contributed by atoms with Crippen LogP contribution in [0.5, 0.6) is 5.75 Å². The van der Waals surface area contributed by atoms with E-state index < -0.39 is 0 Å². The van der Waals surface area contributed by atoms with Crippen molar-refractivity contribution in [2.45, 2.75) is 26.7 Å². The van der Waals surface area contributed by atoms with E-state index in [2.05, 4.69) is 12.3 Å². The third-order valence-electron chi connectivity index (χ3n) is 3.03. The number of aromatic nitrogens is 1. The minimum absolute atomic E-state index is 0.821. The summed E-state index contributed by atoms with van der Waals surface area (Å²) in [5.74, 6) is 6.42. The first-order valence-corrected chi connectivity index (χ1v) is 6.14. The van der Waals surface area contributed by atoms with Gasteiger partial charge in [-0.05, 0) is 37.1 Å². The molecule has 0 radical (unpaired) electrons. The number of benzene rings is 1. The maximum absolute atomic E-state index is 5.60. The van der Waals surface area contributed by atoms with E-state index in [4.69, 9.17) is 15.6 Å². The van der Waals surface area contributed by atoms with E-state index in [1.165, 1.54) is 0 Å². The van der Waals surface area contributed by atoms with Crippen LogP contribution in [0.25, 0.3) is 10.9 Å². The van der Waals surface area contributed by atoms with Crippen molar-refractivity contribution in [2.75, 3.05) is 12.5 Å². The Hall–Kier alpha value is -1.81. The van der Waals surface area contributed by atoms with E-state index in [-0.39, 0.29) is 0 Å². The Balaban J connectivity index is 2.70. The number of pyridine rings is 1. The molecule has 18 heavy (non-hydrogen) atoms. The summed E-state index contributed by atoms with van der Waals surface area (Å²) in [6.07, 6.45) is 2.02. The molecule has 3 N–H and O–H groups in total. The number of hydrazine groups is 1. The van der Waals surface area contributed by atoms with E-state index in [0.717, 1.165) is 46.4 Å². The fraction of sp³-hybridized carbons (Fsp3) is 0.357. The van der Waals surface area contributed by atoms with Crippen molar-refractivity contribution in [3.05, 3.63) is 29.5 Å². The van der Waals surface area contributed by atoms with Crippen LogP contribution >= 0.6 is 0 Å². The monoisotopic (exact) mass is 245 g/mol. The van der Waals surface area contributed by atoms with Crippen LogP contribution in [0.15, 0.2) is 18.2 Å². The predicted octanol–water partition coefficient (Wildman–Crippen LogP) is 2.79. The average molecular weight is 245 g/mol. The molecule has 4 heteroatoms. The molecule has 0 saturated heterocycles. The Morgan fingerprint density at radius 2 is 2.11 bits per heavy atom. The van der Waals surface area contributed by atoms with E-state index in [1.54, 1.807) is 7.11 Å². The van der Waals surface area contributed by atoms with Crippen LogP contribution in [-0.2, 0) is 6.42 Å². The average Bonchev–Trinajstić information content (AvgIpc) is 2.38. The lowest BCUT2D eigenvalue weighted by molar-refractivity contribution is 0.415. The molecule has 0 amide bonds. The van der Waals surface area contributed by atoms with Gasteiger partial charge in [0.1, 0.15) is 5.75 Å². The molecule has 0 saturated carbocycles. The van der Waals surface area contributed by atoms with Gasteiger partial charge in [-0.3, -0.25) is 10.8 Å². The first kappa shape index (κ1) is 12.6. The first-order chi connectivity index (χ1) is 8.69. The third kappa shape index (κ3) is 2.24. The second-order valence-electron chi connectivity index (χ2n) is 4.40. The highest BCUT2D eigenvalue weighted by atomic mass is 16.5. The van der Waals surface area contributed by atoms with Crippen molar-refractivity contribution in [3.63, 3.8) is 0 Å². The van der Waals surface area contributed by atoms with Crippen molar-refractivity contribution in [1.82, 2.24) is 4.98 Å². The van der Waals surface area contributed by atoms with Gasteiger partial charge in [0.2, 0.25) is 0 Å². The maximum atomic E-state index is 5.60. The zero-order chi connectivity index (χ0) is 13.1. The molecule has 0 fully saturated rings. The smallest absolute Gasteiger partial charge is 0.119 e. The first-order valence-electron chi connectivity index (χ1n) is 6.14. The number of hydrogen-bond donors (Lipinski definition) is 2. The fourth-order valence-corrected chi connectivity index (χ4v) is 2.14. The Bertz CT molecular complexity index is 566. The van der Waals surface area contributed by atoms with Crippen LogP contribution in [0.3, 0.4) is 0 Å². The second kappa shape index (κ2) is 5.23. The summed E-state index contributed by atoms with van der Waals surface area (Å²) in [4.78, 5) is 4.70. The number of nitrogens with one attached hydrogen (secondary N) is 1. The number of hydrogen-bond acceptors (Lipinski definition) is 4.